The summed E-state index contributed by atoms with van der Waals surface area (Å²) >= 11 is 9.27. The van der Waals surface area contributed by atoms with E-state index < -0.39 is 0 Å². The quantitative estimate of drug-likeness (QED) is 0.864. The molecule has 0 fully saturated rings. The second-order valence-electron chi connectivity index (χ2n) is 3.40. The van der Waals surface area contributed by atoms with Crippen molar-refractivity contribution in [2.45, 2.75) is 25.8 Å². The normalized spacial score (nSPS) is 15.5. The van der Waals surface area contributed by atoms with Crippen molar-refractivity contribution in [3.8, 4) is 0 Å². The maximum absolute atomic E-state index is 6.09. The maximum atomic E-state index is 6.09. The van der Waals surface area contributed by atoms with E-state index in [-0.39, 0.29) is 5.54 Å². The third kappa shape index (κ3) is 2.46. The molecule has 1 unspecified atom stereocenters. The standard InChI is InChI=1S/C10H13BrClN/c1-3-10(2,13)7-4-5-9(12)8(11)6-7/h4-6H,3,13H2,1-2H3. The molecule has 0 aromatic heterocycles. The largest absolute Gasteiger partial charge is 0.322 e. The van der Waals surface area contributed by atoms with Crippen LogP contribution in [0.3, 0.4) is 0 Å². The van der Waals surface area contributed by atoms with Gasteiger partial charge in [-0.1, -0.05) is 24.6 Å². The molecule has 3 heteroatoms. The van der Waals surface area contributed by atoms with Crippen LogP contribution in [0.25, 0.3) is 0 Å². The molecule has 0 aliphatic carbocycles. The van der Waals surface area contributed by atoms with Crippen LogP contribution in [0, 0.1) is 0 Å². The van der Waals surface area contributed by atoms with Gasteiger partial charge in [0.15, 0.2) is 0 Å². The van der Waals surface area contributed by atoms with Crippen LogP contribution in [0.15, 0.2) is 22.7 Å². The Kier molecular flexibility index (Phi) is 3.38. The SMILES string of the molecule is CCC(C)(N)c1ccc(Cl)c(Br)c1. The van der Waals surface area contributed by atoms with E-state index in [1.807, 2.05) is 25.1 Å². The zero-order chi connectivity index (χ0) is 10.1. The lowest BCUT2D eigenvalue weighted by molar-refractivity contribution is 0.476. The van der Waals surface area contributed by atoms with Crippen molar-refractivity contribution in [2.24, 2.45) is 5.73 Å². The molecule has 0 bridgehead atoms. The van der Waals surface area contributed by atoms with Crippen molar-refractivity contribution in [3.05, 3.63) is 33.3 Å². The maximum Gasteiger partial charge on any atom is 0.0548 e. The molecule has 0 spiro atoms. The van der Waals surface area contributed by atoms with Gasteiger partial charge in [0.1, 0.15) is 0 Å². The lowest BCUT2D eigenvalue weighted by atomic mass is 9.91. The summed E-state index contributed by atoms with van der Waals surface area (Å²) in [5.41, 5.74) is 6.92. The summed E-state index contributed by atoms with van der Waals surface area (Å²) in [6, 6.07) is 5.81. The van der Waals surface area contributed by atoms with Gasteiger partial charge in [-0.2, -0.15) is 0 Å². The van der Waals surface area contributed by atoms with Gasteiger partial charge < -0.3 is 5.73 Å². The highest BCUT2D eigenvalue weighted by atomic mass is 79.9. The van der Waals surface area contributed by atoms with Crippen molar-refractivity contribution < 1.29 is 0 Å². The Morgan fingerprint density at radius 2 is 2.15 bits per heavy atom. The van der Waals surface area contributed by atoms with E-state index in [4.69, 9.17) is 17.3 Å². The summed E-state index contributed by atoms with van der Waals surface area (Å²) in [6.45, 7) is 4.09. The summed E-state index contributed by atoms with van der Waals surface area (Å²) in [7, 11) is 0. The molecule has 0 aliphatic heterocycles. The highest BCUT2D eigenvalue weighted by Crippen LogP contribution is 2.28. The number of hydrogen-bond donors (Lipinski definition) is 1. The second kappa shape index (κ2) is 3.99. The molecule has 72 valence electrons. The van der Waals surface area contributed by atoms with Crippen LogP contribution in [0.5, 0.6) is 0 Å². The van der Waals surface area contributed by atoms with Gasteiger partial charge in [0, 0.05) is 10.0 Å². The number of benzene rings is 1. The van der Waals surface area contributed by atoms with Gasteiger partial charge in [0.2, 0.25) is 0 Å². The number of nitrogens with two attached hydrogens (primary N) is 1. The minimum Gasteiger partial charge on any atom is -0.322 e. The minimum absolute atomic E-state index is 0.271. The van der Waals surface area contributed by atoms with Crippen LogP contribution in [0.4, 0.5) is 0 Å². The van der Waals surface area contributed by atoms with Crippen molar-refractivity contribution in [3.63, 3.8) is 0 Å². The Hall–Kier alpha value is -0.0500. The monoisotopic (exact) mass is 261 g/mol. The first kappa shape index (κ1) is 11.0. The summed E-state index contributed by atoms with van der Waals surface area (Å²) in [5, 5.41) is 0.718. The molecule has 0 aliphatic rings. The minimum atomic E-state index is -0.271. The first-order chi connectivity index (χ1) is 5.97. The highest BCUT2D eigenvalue weighted by Gasteiger charge is 2.18. The van der Waals surface area contributed by atoms with Crippen LogP contribution in [0.2, 0.25) is 5.02 Å². The van der Waals surface area contributed by atoms with Crippen molar-refractivity contribution in [2.75, 3.05) is 0 Å². The van der Waals surface area contributed by atoms with Gasteiger partial charge >= 0.3 is 0 Å². The molecular weight excluding hydrogens is 249 g/mol. The van der Waals surface area contributed by atoms with Gasteiger partial charge in [-0.25, -0.2) is 0 Å². The molecule has 13 heavy (non-hydrogen) atoms. The van der Waals surface area contributed by atoms with E-state index >= 15 is 0 Å². The summed E-state index contributed by atoms with van der Waals surface area (Å²) < 4.78 is 0.900. The lowest BCUT2D eigenvalue weighted by Crippen LogP contribution is -2.31. The van der Waals surface area contributed by atoms with E-state index in [0.29, 0.717) is 0 Å². The Bertz CT molecular complexity index is 310. The summed E-state index contributed by atoms with van der Waals surface area (Å²) in [4.78, 5) is 0. The molecule has 0 saturated carbocycles. The van der Waals surface area contributed by atoms with Crippen molar-refractivity contribution in [1.82, 2.24) is 0 Å². The van der Waals surface area contributed by atoms with Gasteiger partial charge in [0.05, 0.1) is 5.02 Å². The third-order valence-corrected chi connectivity index (χ3v) is 3.53. The Morgan fingerprint density at radius 1 is 1.54 bits per heavy atom. The molecule has 0 radical (unpaired) electrons. The molecular formula is C10H13BrClN. The molecule has 1 atom stereocenters. The molecule has 1 aromatic rings. The van der Waals surface area contributed by atoms with Gasteiger partial charge in [-0.05, 0) is 47.0 Å². The fraction of sp³-hybridized carbons (Fsp3) is 0.400. The Labute approximate surface area is 92.4 Å². The molecule has 1 rings (SSSR count). The average Bonchev–Trinajstić information content (AvgIpc) is 2.09. The lowest BCUT2D eigenvalue weighted by Gasteiger charge is -2.23. The zero-order valence-corrected chi connectivity index (χ0v) is 10.1. The van der Waals surface area contributed by atoms with Crippen LogP contribution >= 0.6 is 27.5 Å². The predicted molar refractivity (Wildman–Crippen MR) is 61.0 cm³/mol. The van der Waals surface area contributed by atoms with Crippen molar-refractivity contribution >= 4 is 27.5 Å². The van der Waals surface area contributed by atoms with E-state index in [9.17, 15) is 0 Å². The summed E-state index contributed by atoms with van der Waals surface area (Å²) in [6.07, 6.45) is 0.904. The Morgan fingerprint density at radius 3 is 2.62 bits per heavy atom. The number of hydrogen-bond acceptors (Lipinski definition) is 1. The van der Waals surface area contributed by atoms with Gasteiger partial charge in [-0.15, -0.1) is 0 Å². The van der Waals surface area contributed by atoms with Crippen molar-refractivity contribution in [1.29, 1.82) is 0 Å². The summed E-state index contributed by atoms with van der Waals surface area (Å²) in [5.74, 6) is 0. The predicted octanol–water partition coefficient (Wildman–Crippen LogP) is 3.69. The van der Waals surface area contributed by atoms with Crippen LogP contribution < -0.4 is 5.73 Å². The van der Waals surface area contributed by atoms with E-state index in [1.165, 1.54) is 0 Å². The first-order valence-electron chi connectivity index (χ1n) is 4.22. The average molecular weight is 263 g/mol. The van der Waals surface area contributed by atoms with Crippen LogP contribution in [-0.4, -0.2) is 0 Å². The van der Waals surface area contributed by atoms with E-state index in [1.54, 1.807) is 0 Å². The molecule has 0 heterocycles. The number of rotatable bonds is 2. The molecule has 1 aromatic carbocycles. The van der Waals surface area contributed by atoms with E-state index in [0.717, 1.165) is 21.5 Å². The highest BCUT2D eigenvalue weighted by molar-refractivity contribution is 9.10. The molecule has 2 N–H and O–H groups in total. The molecule has 1 nitrogen and oxygen atoms in total. The van der Waals surface area contributed by atoms with Crippen LogP contribution in [-0.2, 0) is 5.54 Å². The fourth-order valence-corrected chi connectivity index (χ4v) is 1.55. The van der Waals surface area contributed by atoms with Gasteiger partial charge in [-0.3, -0.25) is 0 Å². The fourth-order valence-electron chi connectivity index (χ4n) is 1.06. The first-order valence-corrected chi connectivity index (χ1v) is 5.39. The topological polar surface area (TPSA) is 26.0 Å². The van der Waals surface area contributed by atoms with E-state index in [2.05, 4.69) is 22.9 Å². The second-order valence-corrected chi connectivity index (χ2v) is 4.66. The molecule has 0 amide bonds. The smallest absolute Gasteiger partial charge is 0.0548 e. The third-order valence-electron chi connectivity index (χ3n) is 2.31. The Balaban J connectivity index is 3.10. The number of halogens is 2. The van der Waals surface area contributed by atoms with Gasteiger partial charge in [0.25, 0.3) is 0 Å². The van der Waals surface area contributed by atoms with Crippen LogP contribution in [0.1, 0.15) is 25.8 Å². The molecule has 0 saturated heterocycles. The zero-order valence-electron chi connectivity index (χ0n) is 7.77.